The Morgan fingerprint density at radius 3 is 0.460 bits per heavy atom. The Kier molecular flexibility index (Phi) is 40.3. The Morgan fingerprint density at radius 2 is 0.340 bits per heavy atom. The zero-order valence-corrected chi connectivity index (χ0v) is 38.4. The minimum absolute atomic E-state index is 1.37. The van der Waals surface area contributed by atoms with Gasteiger partial charge in [0.25, 0.3) is 0 Å². The first-order valence-electron chi connectivity index (χ1n) is 24.0. The zero-order valence-electron chi connectivity index (χ0n) is 35.9. The molecule has 0 aromatic heterocycles. The Bertz CT molecular complexity index is 612. The molecule has 0 aliphatic carbocycles. The average molecular weight is 788 g/mol. The topological polar surface area (TPSA) is 0 Å². The quantitative estimate of drug-likeness (QED) is 0.0426. The van der Waals surface area contributed by atoms with Crippen molar-refractivity contribution in [2.45, 2.75) is 283 Å². The predicted octanol–water partition coefficient (Wildman–Crippen LogP) is 19.5. The van der Waals surface area contributed by atoms with Crippen molar-refractivity contribution in [3.8, 4) is 0 Å². The Hall–Kier alpha value is 0.910. The molecule has 0 amide bonds. The average Bonchev–Trinajstić information content (AvgIpc) is 3.08. The molecule has 50 heavy (non-hydrogen) atoms. The van der Waals surface area contributed by atoms with E-state index in [1.54, 1.807) is 0 Å². The molecular formula is C48H100BrP. The molecule has 0 spiro atoms. The third-order valence-electron chi connectivity index (χ3n) is 11.5. The normalized spacial score (nSPS) is 12.9. The summed E-state index contributed by atoms with van der Waals surface area (Å²) in [6, 6.07) is 0. The SMILES string of the molecule is CCCCCCCCCCCCCCCCCCCCCCCCCCCCCCCCCCCCCCCCCCCCCP(C)(C)(C)Br. The van der Waals surface area contributed by atoms with Crippen LogP contribution in [0.3, 0.4) is 0 Å². The van der Waals surface area contributed by atoms with E-state index in [4.69, 9.17) is 0 Å². The van der Waals surface area contributed by atoms with Gasteiger partial charge in [-0.25, -0.2) is 0 Å². The first kappa shape index (κ1) is 50.9. The van der Waals surface area contributed by atoms with E-state index >= 15 is 0 Å². The predicted molar refractivity (Wildman–Crippen MR) is 243 cm³/mol. The number of rotatable bonds is 44. The van der Waals surface area contributed by atoms with Crippen LogP contribution in [0, 0.1) is 0 Å². The van der Waals surface area contributed by atoms with Crippen molar-refractivity contribution in [3.05, 3.63) is 0 Å². The zero-order chi connectivity index (χ0) is 36.6. The van der Waals surface area contributed by atoms with E-state index in [2.05, 4.69) is 42.4 Å². The van der Waals surface area contributed by atoms with Gasteiger partial charge in [0.2, 0.25) is 0 Å². The van der Waals surface area contributed by atoms with Crippen molar-refractivity contribution in [2.75, 3.05) is 26.2 Å². The van der Waals surface area contributed by atoms with Crippen LogP contribution in [0.5, 0.6) is 0 Å². The van der Waals surface area contributed by atoms with Gasteiger partial charge in [0, 0.05) is 0 Å². The second kappa shape index (κ2) is 39.6. The maximum absolute atomic E-state index is 3.99. The molecule has 0 bridgehead atoms. The van der Waals surface area contributed by atoms with Gasteiger partial charge < -0.3 is 0 Å². The molecule has 0 heterocycles. The van der Waals surface area contributed by atoms with Gasteiger partial charge in [-0.2, -0.15) is 0 Å². The van der Waals surface area contributed by atoms with E-state index in [-0.39, 0.29) is 0 Å². The summed E-state index contributed by atoms with van der Waals surface area (Å²) < 4.78 is 0. The third kappa shape index (κ3) is 48.9. The van der Waals surface area contributed by atoms with Crippen LogP contribution >= 0.6 is 20.8 Å². The van der Waals surface area contributed by atoms with E-state index in [1.165, 1.54) is 282 Å². The van der Waals surface area contributed by atoms with E-state index < -0.39 is 5.31 Å². The summed E-state index contributed by atoms with van der Waals surface area (Å²) in [5, 5.41) is -1.43. The monoisotopic (exact) mass is 787 g/mol. The Labute approximate surface area is 328 Å². The van der Waals surface area contributed by atoms with Crippen molar-refractivity contribution in [3.63, 3.8) is 0 Å². The molecule has 2 heteroatoms. The molecule has 0 saturated carbocycles. The summed E-state index contributed by atoms with van der Waals surface area (Å²) in [6.07, 6.45) is 65.2. The van der Waals surface area contributed by atoms with Gasteiger partial charge in [-0.15, -0.1) is 0 Å². The molecule has 0 saturated heterocycles. The summed E-state index contributed by atoms with van der Waals surface area (Å²) in [4.78, 5) is 0. The summed E-state index contributed by atoms with van der Waals surface area (Å²) in [6.45, 7) is 9.64. The van der Waals surface area contributed by atoms with Gasteiger partial charge >= 0.3 is 118 Å². The molecule has 0 aromatic rings. The standard InChI is InChI=1S/C48H100BrP/c1-5-6-7-8-9-10-11-12-13-14-15-16-17-18-19-20-21-22-23-24-25-26-27-28-29-30-31-32-33-34-35-36-37-38-39-40-41-42-43-44-45-46-47-48-50(2,3,4)49/h5-48H2,1-4H3. The van der Waals surface area contributed by atoms with Crippen molar-refractivity contribution in [1.82, 2.24) is 0 Å². The van der Waals surface area contributed by atoms with E-state index in [0.29, 0.717) is 0 Å². The van der Waals surface area contributed by atoms with Crippen LogP contribution in [0.1, 0.15) is 283 Å². The van der Waals surface area contributed by atoms with E-state index in [1.807, 2.05) is 0 Å². The van der Waals surface area contributed by atoms with Gasteiger partial charge in [0.15, 0.2) is 0 Å². The van der Waals surface area contributed by atoms with E-state index in [9.17, 15) is 0 Å². The molecule has 0 unspecified atom stereocenters. The molecule has 0 rings (SSSR count). The molecule has 0 aliphatic rings. The van der Waals surface area contributed by atoms with Crippen LogP contribution in [-0.4, -0.2) is 26.2 Å². The van der Waals surface area contributed by atoms with Crippen LogP contribution in [0.2, 0.25) is 0 Å². The number of halogens is 1. The first-order chi connectivity index (χ1) is 24.3. The fourth-order valence-electron chi connectivity index (χ4n) is 7.97. The second-order valence-electron chi connectivity index (χ2n) is 18.5. The van der Waals surface area contributed by atoms with Crippen molar-refractivity contribution in [1.29, 1.82) is 0 Å². The number of hydrogen-bond donors (Lipinski definition) is 0. The van der Waals surface area contributed by atoms with Gasteiger partial charge in [-0.05, 0) is 0 Å². The molecule has 0 nitrogen and oxygen atoms in total. The summed E-state index contributed by atoms with van der Waals surface area (Å²) in [7, 11) is 0. The van der Waals surface area contributed by atoms with Crippen LogP contribution in [0.4, 0.5) is 0 Å². The fourth-order valence-corrected chi connectivity index (χ4v) is 10.0. The third-order valence-corrected chi connectivity index (χ3v) is 14.4. The molecule has 304 valence electrons. The maximum atomic E-state index is 3.99. The van der Waals surface area contributed by atoms with Crippen LogP contribution < -0.4 is 0 Å². The van der Waals surface area contributed by atoms with Gasteiger partial charge in [-0.3, -0.25) is 0 Å². The molecule has 0 atom stereocenters. The van der Waals surface area contributed by atoms with Gasteiger partial charge in [0.05, 0.1) is 0 Å². The minimum atomic E-state index is -1.43. The van der Waals surface area contributed by atoms with Gasteiger partial charge in [0.1, 0.15) is 0 Å². The molecule has 0 aromatic carbocycles. The number of hydrogen-bond acceptors (Lipinski definition) is 0. The van der Waals surface area contributed by atoms with Crippen molar-refractivity contribution < 1.29 is 0 Å². The second-order valence-corrected chi connectivity index (χ2v) is 32.7. The molecule has 0 radical (unpaired) electrons. The summed E-state index contributed by atoms with van der Waals surface area (Å²) >= 11 is 3.99. The molecule has 0 fully saturated rings. The first-order valence-corrected chi connectivity index (χ1v) is 29.8. The van der Waals surface area contributed by atoms with Crippen LogP contribution in [-0.2, 0) is 0 Å². The molecule has 0 N–H and O–H groups in total. The van der Waals surface area contributed by atoms with Crippen molar-refractivity contribution >= 4 is 20.8 Å². The molecular weight excluding hydrogens is 687 g/mol. The summed E-state index contributed by atoms with van der Waals surface area (Å²) in [5.74, 6) is 0. The van der Waals surface area contributed by atoms with Crippen LogP contribution in [0.25, 0.3) is 0 Å². The number of unbranched alkanes of at least 4 members (excludes halogenated alkanes) is 42. The Morgan fingerprint density at radius 1 is 0.220 bits per heavy atom. The molecule has 0 aliphatic heterocycles. The van der Waals surface area contributed by atoms with Gasteiger partial charge in [-0.1, -0.05) is 212 Å². The van der Waals surface area contributed by atoms with Crippen LogP contribution in [0.15, 0.2) is 0 Å². The fraction of sp³-hybridized carbons (Fsp3) is 1.00. The summed E-state index contributed by atoms with van der Waals surface area (Å²) in [5.41, 5.74) is 0. The Balaban J connectivity index is 3.07. The van der Waals surface area contributed by atoms with E-state index in [0.717, 1.165) is 0 Å². The van der Waals surface area contributed by atoms with Crippen molar-refractivity contribution in [2.24, 2.45) is 0 Å².